The van der Waals surface area contributed by atoms with E-state index in [0.717, 1.165) is 19.4 Å². The second-order valence-corrected chi connectivity index (χ2v) is 3.79. The van der Waals surface area contributed by atoms with Crippen LogP contribution in [0.15, 0.2) is 0 Å². The number of likely N-dealkylation sites (N-methyl/N-ethyl adjacent to an activating group) is 1. The van der Waals surface area contributed by atoms with E-state index in [9.17, 15) is 9.59 Å². The van der Waals surface area contributed by atoms with Gasteiger partial charge in [0.15, 0.2) is 0 Å². The van der Waals surface area contributed by atoms with Gasteiger partial charge in [-0.1, -0.05) is 0 Å². The van der Waals surface area contributed by atoms with Gasteiger partial charge in [0, 0.05) is 20.1 Å². The molecule has 16 heavy (non-hydrogen) atoms. The van der Waals surface area contributed by atoms with Gasteiger partial charge in [0.05, 0.1) is 12.6 Å². The van der Waals surface area contributed by atoms with Crippen molar-refractivity contribution >= 4 is 11.8 Å². The van der Waals surface area contributed by atoms with E-state index >= 15 is 0 Å². The van der Waals surface area contributed by atoms with Crippen molar-refractivity contribution < 1.29 is 14.3 Å². The summed E-state index contributed by atoms with van der Waals surface area (Å²) < 4.78 is 5.41. The third-order valence-electron chi connectivity index (χ3n) is 2.63. The van der Waals surface area contributed by atoms with Gasteiger partial charge in [-0.15, -0.1) is 0 Å². The minimum Gasteiger partial charge on any atom is -0.367 e. The van der Waals surface area contributed by atoms with E-state index in [1.165, 1.54) is 0 Å². The molecule has 0 spiro atoms. The van der Waals surface area contributed by atoms with Crippen molar-refractivity contribution in [3.8, 4) is 0 Å². The fourth-order valence-corrected chi connectivity index (χ4v) is 1.70. The van der Waals surface area contributed by atoms with Crippen molar-refractivity contribution in [3.05, 3.63) is 0 Å². The lowest BCUT2D eigenvalue weighted by molar-refractivity contribution is -0.135. The predicted octanol–water partition coefficient (Wildman–Crippen LogP) is -1.30. The first-order chi connectivity index (χ1) is 7.67. The zero-order valence-corrected chi connectivity index (χ0v) is 9.57. The van der Waals surface area contributed by atoms with Crippen molar-refractivity contribution in [1.29, 1.82) is 0 Å². The third kappa shape index (κ3) is 3.79. The first-order valence-electron chi connectivity index (χ1n) is 5.47. The highest BCUT2D eigenvalue weighted by atomic mass is 16.5. The molecule has 1 heterocycles. The maximum atomic E-state index is 11.4. The van der Waals surface area contributed by atoms with Gasteiger partial charge in [0.1, 0.15) is 6.61 Å². The van der Waals surface area contributed by atoms with Crippen LogP contribution in [0.1, 0.15) is 12.8 Å². The summed E-state index contributed by atoms with van der Waals surface area (Å²) in [7, 11) is 1.57. The Morgan fingerprint density at radius 1 is 1.56 bits per heavy atom. The van der Waals surface area contributed by atoms with Gasteiger partial charge in [-0.2, -0.15) is 0 Å². The normalized spacial score (nSPS) is 20.6. The molecule has 6 heteroatoms. The molecule has 1 saturated heterocycles. The lowest BCUT2D eigenvalue weighted by atomic mass is 10.1. The van der Waals surface area contributed by atoms with Crippen LogP contribution >= 0.6 is 0 Å². The second kappa shape index (κ2) is 6.44. The summed E-state index contributed by atoms with van der Waals surface area (Å²) in [4.78, 5) is 24.1. The first-order valence-corrected chi connectivity index (χ1v) is 5.47. The van der Waals surface area contributed by atoms with Gasteiger partial charge < -0.3 is 20.7 Å². The topological polar surface area (TPSA) is 84.7 Å². The van der Waals surface area contributed by atoms with Crippen LogP contribution in [0.2, 0.25) is 0 Å². The quantitative estimate of drug-likeness (QED) is 0.627. The molecule has 0 aromatic rings. The van der Waals surface area contributed by atoms with Gasteiger partial charge in [-0.25, -0.2) is 0 Å². The number of amides is 2. The van der Waals surface area contributed by atoms with E-state index in [0.29, 0.717) is 6.54 Å². The summed E-state index contributed by atoms with van der Waals surface area (Å²) in [5.41, 5.74) is 5.30. The number of carbonyl (C=O) groups is 2. The largest absolute Gasteiger partial charge is 0.367 e. The maximum absolute atomic E-state index is 11.4. The molecule has 1 atom stereocenters. The number of likely N-dealkylation sites (tertiary alicyclic amines) is 1. The van der Waals surface area contributed by atoms with Gasteiger partial charge in [-0.05, 0) is 12.8 Å². The van der Waals surface area contributed by atoms with Crippen molar-refractivity contribution in [3.63, 3.8) is 0 Å². The number of carbonyl (C=O) groups excluding carboxylic acids is 2. The molecule has 1 aliphatic rings. The van der Waals surface area contributed by atoms with E-state index in [1.54, 1.807) is 11.9 Å². The Balaban J connectivity index is 2.33. The number of nitrogens with zero attached hydrogens (tertiary/aromatic N) is 1. The Hall–Kier alpha value is -1.14. The molecule has 0 radical (unpaired) electrons. The summed E-state index contributed by atoms with van der Waals surface area (Å²) in [5.74, 6) is -0.212. The molecular formula is C10H19N3O3. The Morgan fingerprint density at radius 2 is 2.31 bits per heavy atom. The van der Waals surface area contributed by atoms with Gasteiger partial charge in [0.2, 0.25) is 11.8 Å². The molecule has 6 nitrogen and oxygen atoms in total. The van der Waals surface area contributed by atoms with Crippen molar-refractivity contribution in [2.75, 3.05) is 33.3 Å². The van der Waals surface area contributed by atoms with E-state index in [2.05, 4.69) is 5.32 Å². The summed E-state index contributed by atoms with van der Waals surface area (Å²) in [6.07, 6.45) is 1.72. The number of hydrogen-bond donors (Lipinski definition) is 2. The van der Waals surface area contributed by atoms with E-state index in [1.807, 2.05) is 0 Å². The highest BCUT2D eigenvalue weighted by molar-refractivity contribution is 5.78. The Bertz CT molecular complexity index is 258. The average molecular weight is 229 g/mol. The van der Waals surface area contributed by atoms with Crippen LogP contribution in [0.4, 0.5) is 0 Å². The number of nitrogens with two attached hydrogens (primary N) is 1. The van der Waals surface area contributed by atoms with Crippen molar-refractivity contribution in [1.82, 2.24) is 10.2 Å². The monoisotopic (exact) mass is 229 g/mol. The molecule has 2 amide bonds. The summed E-state index contributed by atoms with van der Waals surface area (Å²) >= 11 is 0. The molecular weight excluding hydrogens is 210 g/mol. The zero-order chi connectivity index (χ0) is 12.0. The standard InChI is InChI=1S/C10H19N3O3/c1-12-9(14)7-16-8-3-2-4-13(6-8)10(15)5-11/h8H,2-7,11H2,1H3,(H,12,14). The van der Waals surface area contributed by atoms with Crippen LogP contribution in [0, 0.1) is 0 Å². The van der Waals surface area contributed by atoms with Crippen LogP contribution in [-0.2, 0) is 14.3 Å². The van der Waals surface area contributed by atoms with Gasteiger partial charge in [0.25, 0.3) is 0 Å². The van der Waals surface area contributed by atoms with E-state index in [4.69, 9.17) is 10.5 Å². The second-order valence-electron chi connectivity index (χ2n) is 3.79. The number of ether oxygens (including phenoxy) is 1. The van der Waals surface area contributed by atoms with Gasteiger partial charge in [-0.3, -0.25) is 9.59 Å². The molecule has 0 aromatic carbocycles. The fourth-order valence-electron chi connectivity index (χ4n) is 1.70. The summed E-state index contributed by atoms with van der Waals surface area (Å²) in [6.45, 7) is 1.34. The summed E-state index contributed by atoms with van der Waals surface area (Å²) in [5, 5.41) is 2.49. The van der Waals surface area contributed by atoms with Crippen molar-refractivity contribution in [2.45, 2.75) is 18.9 Å². The van der Waals surface area contributed by atoms with Crippen LogP contribution in [0.25, 0.3) is 0 Å². The lowest BCUT2D eigenvalue weighted by Crippen LogP contribution is -2.46. The molecule has 3 N–H and O–H groups in total. The average Bonchev–Trinajstić information content (AvgIpc) is 2.35. The first kappa shape index (κ1) is 12.9. The fraction of sp³-hybridized carbons (Fsp3) is 0.800. The van der Waals surface area contributed by atoms with E-state index in [-0.39, 0.29) is 31.1 Å². The van der Waals surface area contributed by atoms with Crippen LogP contribution in [0.5, 0.6) is 0 Å². The van der Waals surface area contributed by atoms with E-state index < -0.39 is 0 Å². The lowest BCUT2D eigenvalue weighted by Gasteiger charge is -2.32. The smallest absolute Gasteiger partial charge is 0.245 e. The predicted molar refractivity (Wildman–Crippen MR) is 58.7 cm³/mol. The Labute approximate surface area is 95.1 Å². The molecule has 1 rings (SSSR count). The molecule has 0 aromatic heterocycles. The minimum atomic E-state index is -0.151. The molecule has 1 fully saturated rings. The van der Waals surface area contributed by atoms with Gasteiger partial charge >= 0.3 is 0 Å². The zero-order valence-electron chi connectivity index (χ0n) is 9.57. The number of piperidine rings is 1. The molecule has 1 unspecified atom stereocenters. The maximum Gasteiger partial charge on any atom is 0.245 e. The third-order valence-corrected chi connectivity index (χ3v) is 2.63. The highest BCUT2D eigenvalue weighted by Crippen LogP contribution is 2.12. The molecule has 0 bridgehead atoms. The Kier molecular flexibility index (Phi) is 5.21. The van der Waals surface area contributed by atoms with Crippen molar-refractivity contribution in [2.24, 2.45) is 5.73 Å². The van der Waals surface area contributed by atoms with Crippen LogP contribution in [0.3, 0.4) is 0 Å². The number of rotatable bonds is 4. The van der Waals surface area contributed by atoms with Crippen LogP contribution in [-0.4, -0.2) is 56.1 Å². The Morgan fingerprint density at radius 3 is 2.94 bits per heavy atom. The SMILES string of the molecule is CNC(=O)COC1CCCN(C(=O)CN)C1. The summed E-state index contributed by atoms with van der Waals surface area (Å²) in [6, 6.07) is 0. The molecule has 1 aliphatic heterocycles. The molecule has 0 aliphatic carbocycles. The minimum absolute atomic E-state index is 0.0299. The molecule has 92 valence electrons. The highest BCUT2D eigenvalue weighted by Gasteiger charge is 2.23. The number of hydrogen-bond acceptors (Lipinski definition) is 4. The van der Waals surface area contributed by atoms with Crippen LogP contribution < -0.4 is 11.1 Å². The number of nitrogens with one attached hydrogen (secondary N) is 1. The molecule has 0 saturated carbocycles.